The van der Waals surface area contributed by atoms with E-state index in [0.29, 0.717) is 16.4 Å². The summed E-state index contributed by atoms with van der Waals surface area (Å²) in [6.07, 6.45) is 2.99. The topological polar surface area (TPSA) is 72.7 Å². The zero-order valence-electron chi connectivity index (χ0n) is 12.0. The van der Waals surface area contributed by atoms with Gasteiger partial charge in [0.2, 0.25) is 0 Å². The zero-order valence-corrected chi connectivity index (χ0v) is 12.8. The number of rotatable bonds is 3. The average molecular weight is 315 g/mol. The highest BCUT2D eigenvalue weighted by Gasteiger charge is 2.14. The van der Waals surface area contributed by atoms with Gasteiger partial charge >= 0.3 is 0 Å². The first-order valence-electron chi connectivity index (χ1n) is 6.51. The van der Waals surface area contributed by atoms with Gasteiger partial charge in [-0.2, -0.15) is 0 Å². The Labute approximate surface area is 130 Å². The van der Waals surface area contributed by atoms with Crippen LogP contribution in [0.5, 0.6) is 5.75 Å². The van der Waals surface area contributed by atoms with Gasteiger partial charge in [0.05, 0.1) is 7.11 Å². The minimum absolute atomic E-state index is 0.00566. The van der Waals surface area contributed by atoms with Crippen molar-refractivity contribution in [2.75, 3.05) is 12.4 Å². The van der Waals surface area contributed by atoms with Gasteiger partial charge in [-0.3, -0.25) is 14.0 Å². The Morgan fingerprint density at radius 3 is 2.73 bits per heavy atom. The number of nitrogens with zero attached hydrogens (tertiary/aromatic N) is 2. The Bertz CT molecular complexity index is 897. The molecule has 0 saturated heterocycles. The van der Waals surface area contributed by atoms with E-state index < -0.39 is 5.91 Å². The zero-order chi connectivity index (χ0) is 15.7. The highest BCUT2D eigenvalue weighted by molar-refractivity contribution is 7.16. The van der Waals surface area contributed by atoms with Crippen LogP contribution in [0.3, 0.4) is 0 Å². The first-order chi connectivity index (χ1) is 10.6. The number of methoxy groups -OCH3 is 1. The van der Waals surface area contributed by atoms with Crippen LogP contribution in [-0.2, 0) is 0 Å². The van der Waals surface area contributed by atoms with Gasteiger partial charge < -0.3 is 10.1 Å². The molecule has 0 bridgehead atoms. The number of thiazole rings is 1. The van der Waals surface area contributed by atoms with Crippen LogP contribution in [0.15, 0.2) is 41.5 Å². The number of amides is 1. The molecule has 112 valence electrons. The van der Waals surface area contributed by atoms with Gasteiger partial charge in [0, 0.05) is 23.0 Å². The van der Waals surface area contributed by atoms with Crippen LogP contribution < -0.4 is 15.6 Å². The minimum atomic E-state index is -0.485. The summed E-state index contributed by atoms with van der Waals surface area (Å²) in [4.78, 5) is 30.3. The molecule has 0 atom stereocenters. The second-order valence-corrected chi connectivity index (χ2v) is 5.87. The van der Waals surface area contributed by atoms with Crippen molar-refractivity contribution in [2.45, 2.75) is 6.92 Å². The van der Waals surface area contributed by atoms with Crippen molar-refractivity contribution < 1.29 is 9.53 Å². The van der Waals surface area contributed by atoms with Crippen molar-refractivity contribution in [1.82, 2.24) is 9.38 Å². The molecule has 2 aromatic heterocycles. The number of aryl methyl sites for hydroxylation is 1. The van der Waals surface area contributed by atoms with Crippen LogP contribution in [0.1, 0.15) is 15.2 Å². The molecule has 1 aromatic carbocycles. The van der Waals surface area contributed by atoms with Crippen LogP contribution in [0, 0.1) is 6.92 Å². The van der Waals surface area contributed by atoms with Gasteiger partial charge in [0.1, 0.15) is 11.3 Å². The molecule has 7 heteroatoms. The third-order valence-electron chi connectivity index (χ3n) is 3.12. The number of hydrogen-bond acceptors (Lipinski definition) is 5. The Morgan fingerprint density at radius 2 is 2.05 bits per heavy atom. The van der Waals surface area contributed by atoms with Crippen LogP contribution in [0.2, 0.25) is 0 Å². The summed E-state index contributed by atoms with van der Waals surface area (Å²) in [6.45, 7) is 1.88. The van der Waals surface area contributed by atoms with Crippen LogP contribution >= 0.6 is 11.3 Å². The number of anilines is 1. The third-order valence-corrected chi connectivity index (χ3v) is 4.03. The van der Waals surface area contributed by atoms with Gasteiger partial charge in [0.15, 0.2) is 4.96 Å². The summed E-state index contributed by atoms with van der Waals surface area (Å²) in [5.74, 6) is 0.204. The second-order valence-electron chi connectivity index (χ2n) is 4.65. The molecule has 0 spiro atoms. The first kappa shape index (κ1) is 14.3. The molecule has 22 heavy (non-hydrogen) atoms. The fourth-order valence-electron chi connectivity index (χ4n) is 2.02. The van der Waals surface area contributed by atoms with Gasteiger partial charge in [-0.1, -0.05) is 0 Å². The molecule has 6 nitrogen and oxygen atoms in total. The van der Waals surface area contributed by atoms with Crippen molar-refractivity contribution in [2.24, 2.45) is 0 Å². The average Bonchev–Trinajstić information content (AvgIpc) is 2.90. The predicted octanol–water partition coefficient (Wildman–Crippen LogP) is 2.33. The van der Waals surface area contributed by atoms with Gasteiger partial charge in [0.25, 0.3) is 11.5 Å². The lowest BCUT2D eigenvalue weighted by atomic mass is 10.2. The lowest BCUT2D eigenvalue weighted by Crippen LogP contribution is -2.25. The molecule has 1 amide bonds. The molecule has 0 aliphatic carbocycles. The first-order valence-corrected chi connectivity index (χ1v) is 7.33. The molecule has 0 fully saturated rings. The number of ether oxygens (including phenoxy) is 1. The standard InChI is InChI=1S/C15H13N3O3S/c1-9-8-18-14(20)12(7-16-15(18)22-9)13(19)17-10-3-5-11(21-2)6-4-10/h3-8H,1-2H3,(H,17,19). The maximum absolute atomic E-state index is 12.3. The van der Waals surface area contributed by atoms with Gasteiger partial charge in [-0.05, 0) is 31.2 Å². The smallest absolute Gasteiger partial charge is 0.271 e. The summed E-state index contributed by atoms with van der Waals surface area (Å²) >= 11 is 1.40. The maximum Gasteiger partial charge on any atom is 0.271 e. The summed E-state index contributed by atoms with van der Waals surface area (Å²) in [5, 5.41) is 2.68. The summed E-state index contributed by atoms with van der Waals surface area (Å²) in [6, 6.07) is 6.86. The lowest BCUT2D eigenvalue weighted by Gasteiger charge is -2.06. The van der Waals surface area contributed by atoms with E-state index in [2.05, 4.69) is 10.3 Å². The number of carbonyl (C=O) groups is 1. The van der Waals surface area contributed by atoms with E-state index in [1.807, 2.05) is 6.92 Å². The largest absolute Gasteiger partial charge is 0.497 e. The molecule has 0 aliphatic heterocycles. The quantitative estimate of drug-likeness (QED) is 0.805. The van der Waals surface area contributed by atoms with E-state index >= 15 is 0 Å². The molecular formula is C15H13N3O3S. The SMILES string of the molecule is COc1ccc(NC(=O)c2cnc3sc(C)cn3c2=O)cc1. The monoisotopic (exact) mass is 315 g/mol. The van der Waals surface area contributed by atoms with Crippen molar-refractivity contribution in [3.05, 3.63) is 57.5 Å². The Hall–Kier alpha value is -2.67. The number of hydrogen-bond donors (Lipinski definition) is 1. The molecule has 3 aromatic rings. The van der Waals surface area contributed by atoms with Crippen molar-refractivity contribution in [3.8, 4) is 5.75 Å². The normalized spacial score (nSPS) is 10.6. The highest BCUT2D eigenvalue weighted by atomic mass is 32.1. The number of fused-ring (bicyclic) bond motifs is 1. The van der Waals surface area contributed by atoms with E-state index in [4.69, 9.17) is 4.74 Å². The van der Waals surface area contributed by atoms with E-state index in [0.717, 1.165) is 4.88 Å². The van der Waals surface area contributed by atoms with Crippen LogP contribution in [-0.4, -0.2) is 22.4 Å². The number of benzene rings is 1. The number of carbonyl (C=O) groups excluding carboxylic acids is 1. The molecule has 1 N–H and O–H groups in total. The van der Waals surface area contributed by atoms with Crippen LogP contribution in [0.25, 0.3) is 4.96 Å². The Morgan fingerprint density at radius 1 is 1.32 bits per heavy atom. The predicted molar refractivity (Wildman–Crippen MR) is 85.0 cm³/mol. The lowest BCUT2D eigenvalue weighted by molar-refractivity contribution is 0.102. The van der Waals surface area contributed by atoms with Crippen molar-refractivity contribution >= 4 is 27.9 Å². The molecule has 0 radical (unpaired) electrons. The van der Waals surface area contributed by atoms with E-state index in [9.17, 15) is 9.59 Å². The fraction of sp³-hybridized carbons (Fsp3) is 0.133. The molecule has 3 rings (SSSR count). The molecule has 0 aliphatic rings. The van der Waals surface area contributed by atoms with E-state index in [1.54, 1.807) is 37.6 Å². The van der Waals surface area contributed by atoms with Crippen molar-refractivity contribution in [1.29, 1.82) is 0 Å². The highest BCUT2D eigenvalue weighted by Crippen LogP contribution is 2.16. The van der Waals surface area contributed by atoms with Gasteiger partial charge in [-0.15, -0.1) is 11.3 Å². The Balaban J connectivity index is 1.91. The number of aromatic nitrogens is 2. The number of nitrogens with one attached hydrogen (secondary N) is 1. The third kappa shape index (κ3) is 2.58. The fourth-order valence-corrected chi connectivity index (χ4v) is 2.81. The maximum atomic E-state index is 12.3. The summed E-state index contributed by atoms with van der Waals surface area (Å²) in [7, 11) is 1.57. The van der Waals surface area contributed by atoms with E-state index in [1.165, 1.54) is 21.9 Å². The second kappa shape index (κ2) is 5.61. The summed E-state index contributed by atoms with van der Waals surface area (Å²) in [5.41, 5.74) is 0.211. The Kier molecular flexibility index (Phi) is 3.64. The minimum Gasteiger partial charge on any atom is -0.497 e. The molecular weight excluding hydrogens is 302 g/mol. The summed E-state index contributed by atoms with van der Waals surface area (Å²) < 4.78 is 6.45. The van der Waals surface area contributed by atoms with Gasteiger partial charge in [-0.25, -0.2) is 4.98 Å². The molecule has 2 heterocycles. The van der Waals surface area contributed by atoms with E-state index in [-0.39, 0.29) is 11.1 Å². The molecule has 0 unspecified atom stereocenters. The molecule has 0 saturated carbocycles. The van der Waals surface area contributed by atoms with Crippen molar-refractivity contribution in [3.63, 3.8) is 0 Å². The van der Waals surface area contributed by atoms with Crippen LogP contribution in [0.4, 0.5) is 5.69 Å².